The molecule has 1 aromatic rings. The minimum absolute atomic E-state index is 0.987. The first-order chi connectivity index (χ1) is 9.20. The highest BCUT2D eigenvalue weighted by molar-refractivity contribution is 5.43. The summed E-state index contributed by atoms with van der Waals surface area (Å²) in [6.07, 6.45) is 3.56. The lowest BCUT2D eigenvalue weighted by Gasteiger charge is -2.13. The van der Waals surface area contributed by atoms with Crippen molar-refractivity contribution in [2.75, 3.05) is 33.8 Å². The zero-order chi connectivity index (χ0) is 14.1. The van der Waals surface area contributed by atoms with E-state index >= 15 is 0 Å². The van der Waals surface area contributed by atoms with Crippen molar-refractivity contribution in [3.8, 4) is 5.75 Å². The fourth-order valence-corrected chi connectivity index (χ4v) is 2.24. The monoisotopic (exact) mass is 264 g/mol. The Hall–Kier alpha value is -1.06. The van der Waals surface area contributed by atoms with E-state index in [1.54, 1.807) is 7.11 Å². The molecule has 0 aliphatic carbocycles. The van der Waals surface area contributed by atoms with Gasteiger partial charge in [-0.3, -0.25) is 0 Å². The van der Waals surface area contributed by atoms with Crippen LogP contribution in [0.3, 0.4) is 0 Å². The van der Waals surface area contributed by atoms with Crippen LogP contribution in [0.5, 0.6) is 5.75 Å². The fourth-order valence-electron chi connectivity index (χ4n) is 2.24. The van der Waals surface area contributed by atoms with E-state index in [9.17, 15) is 0 Å². The molecule has 1 aromatic carbocycles. The maximum Gasteiger partial charge on any atom is 0.122 e. The highest BCUT2D eigenvalue weighted by Crippen LogP contribution is 2.23. The zero-order valence-corrected chi connectivity index (χ0v) is 12.8. The normalized spacial score (nSPS) is 10.7. The van der Waals surface area contributed by atoms with Gasteiger partial charge in [-0.2, -0.15) is 0 Å². The van der Waals surface area contributed by atoms with Crippen molar-refractivity contribution in [3.63, 3.8) is 0 Å². The second-order valence-corrected chi connectivity index (χ2v) is 4.99. The van der Waals surface area contributed by atoms with Gasteiger partial charge in [0.2, 0.25) is 0 Å². The summed E-state index contributed by atoms with van der Waals surface area (Å²) in [4.78, 5) is 0. The molecule has 0 aromatic heterocycles. The van der Waals surface area contributed by atoms with Crippen LogP contribution in [-0.4, -0.2) is 33.8 Å². The lowest BCUT2D eigenvalue weighted by molar-refractivity contribution is 0.411. The van der Waals surface area contributed by atoms with Crippen LogP contribution in [0, 0.1) is 13.8 Å². The quantitative estimate of drug-likeness (QED) is 0.672. The molecule has 0 spiro atoms. The molecule has 0 radical (unpaired) electrons. The Labute approximate surface area is 117 Å². The van der Waals surface area contributed by atoms with Crippen molar-refractivity contribution >= 4 is 0 Å². The maximum absolute atomic E-state index is 5.34. The number of hydrogen-bond acceptors (Lipinski definition) is 3. The van der Waals surface area contributed by atoms with Gasteiger partial charge in [0.05, 0.1) is 7.11 Å². The summed E-state index contributed by atoms with van der Waals surface area (Å²) < 4.78 is 5.34. The summed E-state index contributed by atoms with van der Waals surface area (Å²) in [5, 5.41) is 6.68. The van der Waals surface area contributed by atoms with E-state index in [4.69, 9.17) is 4.74 Å². The topological polar surface area (TPSA) is 33.3 Å². The Bertz CT molecular complexity index is 377. The standard InChI is InChI=1S/C16H28N2O/c1-13-14(2)16(19-4)8-7-15(13)9-12-18-11-6-5-10-17-3/h7-8,17-18H,5-6,9-12H2,1-4H3. The Kier molecular flexibility index (Phi) is 7.53. The molecule has 0 saturated heterocycles. The lowest BCUT2D eigenvalue weighted by Crippen LogP contribution is -2.20. The minimum Gasteiger partial charge on any atom is -0.496 e. The van der Waals surface area contributed by atoms with Gasteiger partial charge in [0.1, 0.15) is 5.75 Å². The van der Waals surface area contributed by atoms with Crippen LogP contribution in [-0.2, 0) is 6.42 Å². The van der Waals surface area contributed by atoms with Gasteiger partial charge >= 0.3 is 0 Å². The van der Waals surface area contributed by atoms with Gasteiger partial charge in [-0.15, -0.1) is 0 Å². The predicted molar refractivity (Wildman–Crippen MR) is 82.2 cm³/mol. The van der Waals surface area contributed by atoms with Gasteiger partial charge in [0.25, 0.3) is 0 Å². The predicted octanol–water partition coefficient (Wildman–Crippen LogP) is 2.44. The number of nitrogens with one attached hydrogen (secondary N) is 2. The molecule has 19 heavy (non-hydrogen) atoms. The molecule has 3 heteroatoms. The van der Waals surface area contributed by atoms with Crippen molar-refractivity contribution in [1.29, 1.82) is 0 Å². The van der Waals surface area contributed by atoms with Gasteiger partial charge in [-0.05, 0) is 82.5 Å². The highest BCUT2D eigenvalue weighted by Gasteiger charge is 2.05. The number of benzene rings is 1. The second kappa shape index (κ2) is 8.94. The van der Waals surface area contributed by atoms with E-state index < -0.39 is 0 Å². The third kappa shape index (κ3) is 5.21. The number of ether oxygens (including phenoxy) is 1. The van der Waals surface area contributed by atoms with E-state index in [1.165, 1.54) is 29.5 Å². The van der Waals surface area contributed by atoms with Crippen molar-refractivity contribution in [2.24, 2.45) is 0 Å². The molecule has 0 aliphatic heterocycles. The van der Waals surface area contributed by atoms with Crippen molar-refractivity contribution in [1.82, 2.24) is 10.6 Å². The molecular weight excluding hydrogens is 236 g/mol. The summed E-state index contributed by atoms with van der Waals surface area (Å²) in [7, 11) is 3.73. The Morgan fingerprint density at radius 3 is 2.42 bits per heavy atom. The molecule has 1 rings (SSSR count). The summed E-state index contributed by atoms with van der Waals surface area (Å²) in [5.41, 5.74) is 4.03. The number of hydrogen-bond donors (Lipinski definition) is 2. The van der Waals surface area contributed by atoms with Crippen LogP contribution in [0.25, 0.3) is 0 Å². The Balaban J connectivity index is 2.32. The largest absolute Gasteiger partial charge is 0.496 e. The zero-order valence-electron chi connectivity index (χ0n) is 12.8. The van der Waals surface area contributed by atoms with E-state index in [1.807, 2.05) is 7.05 Å². The fraction of sp³-hybridized carbons (Fsp3) is 0.625. The van der Waals surface area contributed by atoms with Crippen LogP contribution in [0.1, 0.15) is 29.5 Å². The molecule has 0 aliphatic rings. The summed E-state index contributed by atoms with van der Waals surface area (Å²) in [5.74, 6) is 0.987. The van der Waals surface area contributed by atoms with Gasteiger partial charge in [-0.1, -0.05) is 6.07 Å². The number of unbranched alkanes of at least 4 members (excludes halogenated alkanes) is 1. The van der Waals surface area contributed by atoms with Gasteiger partial charge in [-0.25, -0.2) is 0 Å². The van der Waals surface area contributed by atoms with Gasteiger partial charge in [0.15, 0.2) is 0 Å². The molecule has 0 unspecified atom stereocenters. The molecule has 0 fully saturated rings. The third-order valence-electron chi connectivity index (χ3n) is 3.67. The lowest BCUT2D eigenvalue weighted by atomic mass is 10.00. The van der Waals surface area contributed by atoms with Crippen molar-refractivity contribution in [2.45, 2.75) is 33.1 Å². The van der Waals surface area contributed by atoms with Crippen molar-refractivity contribution in [3.05, 3.63) is 28.8 Å². The molecule has 0 atom stereocenters. The van der Waals surface area contributed by atoms with Gasteiger partial charge < -0.3 is 15.4 Å². The number of methoxy groups -OCH3 is 1. The smallest absolute Gasteiger partial charge is 0.122 e. The Morgan fingerprint density at radius 2 is 1.74 bits per heavy atom. The molecule has 0 bridgehead atoms. The summed E-state index contributed by atoms with van der Waals surface area (Å²) in [6.45, 7) is 7.57. The third-order valence-corrected chi connectivity index (χ3v) is 3.67. The molecule has 3 nitrogen and oxygen atoms in total. The average Bonchev–Trinajstić information content (AvgIpc) is 2.42. The Morgan fingerprint density at radius 1 is 1.00 bits per heavy atom. The van der Waals surface area contributed by atoms with Crippen molar-refractivity contribution < 1.29 is 4.74 Å². The minimum atomic E-state index is 0.987. The first kappa shape index (κ1) is 16.0. The molecule has 0 saturated carbocycles. The van der Waals surface area contributed by atoms with Crippen LogP contribution in [0.2, 0.25) is 0 Å². The number of rotatable bonds is 9. The van der Waals surface area contributed by atoms with E-state index in [0.29, 0.717) is 0 Å². The first-order valence-electron chi connectivity index (χ1n) is 7.19. The van der Waals surface area contributed by atoms with E-state index in [-0.39, 0.29) is 0 Å². The van der Waals surface area contributed by atoms with E-state index in [2.05, 4.69) is 36.6 Å². The van der Waals surface area contributed by atoms with Crippen LogP contribution in [0.15, 0.2) is 12.1 Å². The highest BCUT2D eigenvalue weighted by atomic mass is 16.5. The van der Waals surface area contributed by atoms with Crippen LogP contribution < -0.4 is 15.4 Å². The summed E-state index contributed by atoms with van der Waals surface area (Å²) in [6, 6.07) is 4.26. The molecule has 2 N–H and O–H groups in total. The van der Waals surface area contributed by atoms with Gasteiger partial charge in [0, 0.05) is 0 Å². The maximum atomic E-state index is 5.34. The summed E-state index contributed by atoms with van der Waals surface area (Å²) >= 11 is 0. The SMILES string of the molecule is CNCCCCNCCc1ccc(OC)c(C)c1C. The average molecular weight is 264 g/mol. The van der Waals surface area contributed by atoms with Crippen LogP contribution in [0.4, 0.5) is 0 Å². The molecule has 108 valence electrons. The molecule has 0 amide bonds. The molecule has 0 heterocycles. The second-order valence-electron chi connectivity index (χ2n) is 4.99. The first-order valence-corrected chi connectivity index (χ1v) is 7.19. The van der Waals surface area contributed by atoms with Crippen LogP contribution >= 0.6 is 0 Å². The molecular formula is C16H28N2O. The van der Waals surface area contributed by atoms with E-state index in [0.717, 1.165) is 31.8 Å².